The van der Waals surface area contributed by atoms with Crippen molar-refractivity contribution in [1.82, 2.24) is 10.2 Å². The second-order valence-electron chi connectivity index (χ2n) is 5.92. The molecule has 1 aromatic rings. The first-order valence-corrected chi connectivity index (χ1v) is 8.24. The smallest absolute Gasteiger partial charge is 0.254 e. The van der Waals surface area contributed by atoms with E-state index in [1.165, 1.54) is 12.1 Å². The van der Waals surface area contributed by atoms with Gasteiger partial charge in [0.05, 0.1) is 0 Å². The molecule has 1 N–H and O–H groups in total. The lowest BCUT2D eigenvalue weighted by atomic mass is 9.98. The van der Waals surface area contributed by atoms with Gasteiger partial charge >= 0.3 is 0 Å². The first kappa shape index (κ1) is 16.4. The van der Waals surface area contributed by atoms with Gasteiger partial charge in [-0.15, -0.1) is 0 Å². The Morgan fingerprint density at radius 3 is 2.81 bits per heavy atom. The van der Waals surface area contributed by atoms with E-state index in [9.17, 15) is 9.18 Å². The number of nitrogens with one attached hydrogen (secondary N) is 1. The minimum Gasteiger partial charge on any atom is -0.336 e. The minimum absolute atomic E-state index is 0.0986. The van der Waals surface area contributed by atoms with Crippen molar-refractivity contribution in [3.05, 3.63) is 34.1 Å². The molecule has 3 nitrogen and oxygen atoms in total. The van der Waals surface area contributed by atoms with Crippen LogP contribution in [0.2, 0.25) is 0 Å². The van der Waals surface area contributed by atoms with Gasteiger partial charge in [0.2, 0.25) is 0 Å². The van der Waals surface area contributed by atoms with Gasteiger partial charge in [-0.3, -0.25) is 4.79 Å². The van der Waals surface area contributed by atoms with Crippen molar-refractivity contribution >= 4 is 21.8 Å². The molecule has 1 unspecified atom stereocenters. The zero-order chi connectivity index (χ0) is 15.4. The van der Waals surface area contributed by atoms with Crippen molar-refractivity contribution in [2.45, 2.75) is 32.7 Å². The molecule has 0 aliphatic carbocycles. The topological polar surface area (TPSA) is 32.3 Å². The molecule has 1 heterocycles. The normalized spacial score (nSPS) is 18.8. The summed E-state index contributed by atoms with van der Waals surface area (Å²) >= 11 is 3.25. The highest BCUT2D eigenvalue weighted by Crippen LogP contribution is 2.20. The van der Waals surface area contributed by atoms with Crippen molar-refractivity contribution in [2.24, 2.45) is 5.92 Å². The maximum absolute atomic E-state index is 13.5. The van der Waals surface area contributed by atoms with E-state index < -0.39 is 5.82 Å². The van der Waals surface area contributed by atoms with Gasteiger partial charge in [-0.05, 0) is 63.9 Å². The van der Waals surface area contributed by atoms with Gasteiger partial charge in [0, 0.05) is 22.6 Å². The van der Waals surface area contributed by atoms with Gasteiger partial charge in [0.15, 0.2) is 0 Å². The maximum Gasteiger partial charge on any atom is 0.254 e. The van der Waals surface area contributed by atoms with Crippen LogP contribution < -0.4 is 5.32 Å². The number of rotatable bonds is 4. The summed E-state index contributed by atoms with van der Waals surface area (Å²) < 4.78 is 14.1. The van der Waals surface area contributed by atoms with Crippen molar-refractivity contribution in [1.29, 1.82) is 0 Å². The lowest BCUT2D eigenvalue weighted by Crippen LogP contribution is -2.44. The van der Waals surface area contributed by atoms with E-state index in [0.717, 1.165) is 32.5 Å². The number of carbonyl (C=O) groups excluding carboxylic acids is 1. The fourth-order valence-corrected chi connectivity index (χ4v) is 3.19. The molecule has 1 aliphatic rings. The predicted octanol–water partition coefficient (Wildman–Crippen LogP) is 3.44. The van der Waals surface area contributed by atoms with Crippen LogP contribution in [-0.4, -0.2) is 36.5 Å². The summed E-state index contributed by atoms with van der Waals surface area (Å²) in [5.41, 5.74) is 0.402. The van der Waals surface area contributed by atoms with Crippen molar-refractivity contribution in [3.8, 4) is 0 Å². The number of piperidine rings is 1. The Balaban J connectivity index is 2.14. The van der Waals surface area contributed by atoms with E-state index >= 15 is 0 Å². The second kappa shape index (κ2) is 7.36. The largest absolute Gasteiger partial charge is 0.336 e. The van der Waals surface area contributed by atoms with E-state index in [1.54, 1.807) is 6.07 Å². The second-order valence-corrected chi connectivity index (χ2v) is 6.84. The van der Waals surface area contributed by atoms with Crippen LogP contribution >= 0.6 is 15.9 Å². The van der Waals surface area contributed by atoms with Crippen LogP contribution in [0.5, 0.6) is 0 Å². The molecular weight excluding hydrogens is 335 g/mol. The summed E-state index contributed by atoms with van der Waals surface area (Å²) in [6, 6.07) is 4.45. The third kappa shape index (κ3) is 4.51. The minimum atomic E-state index is -0.393. The monoisotopic (exact) mass is 356 g/mol. The van der Waals surface area contributed by atoms with E-state index in [1.807, 2.05) is 18.7 Å². The van der Waals surface area contributed by atoms with Gasteiger partial charge < -0.3 is 10.2 Å². The zero-order valence-corrected chi connectivity index (χ0v) is 14.1. The highest BCUT2D eigenvalue weighted by Gasteiger charge is 2.24. The average Bonchev–Trinajstić information content (AvgIpc) is 2.44. The summed E-state index contributed by atoms with van der Waals surface area (Å²) in [6.07, 6.45) is 2.28. The fourth-order valence-electron chi connectivity index (χ4n) is 2.73. The number of hydrogen-bond acceptors (Lipinski definition) is 2. The van der Waals surface area contributed by atoms with Crippen LogP contribution in [0, 0.1) is 11.7 Å². The molecule has 1 amide bonds. The molecule has 1 aliphatic heterocycles. The summed E-state index contributed by atoms with van der Waals surface area (Å²) in [7, 11) is 0. The van der Waals surface area contributed by atoms with E-state index in [2.05, 4.69) is 21.2 Å². The van der Waals surface area contributed by atoms with Crippen LogP contribution in [0.1, 0.15) is 37.0 Å². The molecular formula is C16H22BrFN2O. The standard InChI is InChI=1S/C16H22BrFN2O/c1-11(2)20(10-12-4-3-5-19-9-12)16(21)13-6-14(17)8-15(18)7-13/h6-8,11-12,19H,3-5,9-10H2,1-2H3. The zero-order valence-electron chi connectivity index (χ0n) is 12.5. The average molecular weight is 357 g/mol. The molecule has 0 radical (unpaired) electrons. The predicted molar refractivity (Wildman–Crippen MR) is 85.9 cm³/mol. The molecule has 1 saturated heterocycles. The number of amides is 1. The number of hydrogen-bond donors (Lipinski definition) is 1. The maximum atomic E-state index is 13.5. The Kier molecular flexibility index (Phi) is 5.76. The Bertz CT molecular complexity index is 481. The molecule has 116 valence electrons. The van der Waals surface area contributed by atoms with Crippen molar-refractivity contribution < 1.29 is 9.18 Å². The van der Waals surface area contributed by atoms with Crippen LogP contribution in [-0.2, 0) is 0 Å². The summed E-state index contributed by atoms with van der Waals surface area (Å²) in [6.45, 7) is 6.73. The number of nitrogens with zero attached hydrogens (tertiary/aromatic N) is 1. The van der Waals surface area contributed by atoms with Crippen LogP contribution in [0.15, 0.2) is 22.7 Å². The third-order valence-corrected chi connectivity index (χ3v) is 4.31. The van der Waals surface area contributed by atoms with Crippen LogP contribution in [0.25, 0.3) is 0 Å². The Hall–Kier alpha value is -0.940. The van der Waals surface area contributed by atoms with Crippen LogP contribution in [0.4, 0.5) is 4.39 Å². The Morgan fingerprint density at radius 1 is 1.48 bits per heavy atom. The molecule has 1 aromatic carbocycles. The molecule has 0 saturated carbocycles. The first-order chi connectivity index (χ1) is 9.97. The molecule has 0 spiro atoms. The summed E-state index contributed by atoms with van der Waals surface area (Å²) in [5.74, 6) is -0.0198. The number of carbonyl (C=O) groups is 1. The number of halogens is 2. The lowest BCUT2D eigenvalue weighted by molar-refractivity contribution is 0.0660. The fraction of sp³-hybridized carbons (Fsp3) is 0.562. The van der Waals surface area contributed by atoms with E-state index in [-0.39, 0.29) is 11.9 Å². The summed E-state index contributed by atoms with van der Waals surface area (Å²) in [5, 5.41) is 3.37. The first-order valence-electron chi connectivity index (χ1n) is 7.45. The van der Waals surface area contributed by atoms with Crippen LogP contribution in [0.3, 0.4) is 0 Å². The molecule has 5 heteroatoms. The molecule has 21 heavy (non-hydrogen) atoms. The summed E-state index contributed by atoms with van der Waals surface area (Å²) in [4.78, 5) is 14.5. The Morgan fingerprint density at radius 2 is 2.24 bits per heavy atom. The molecule has 0 aromatic heterocycles. The number of benzene rings is 1. The SMILES string of the molecule is CC(C)N(CC1CCCNC1)C(=O)c1cc(F)cc(Br)c1. The van der Waals surface area contributed by atoms with Gasteiger partial charge in [0.25, 0.3) is 5.91 Å². The highest BCUT2D eigenvalue weighted by molar-refractivity contribution is 9.10. The van der Waals surface area contributed by atoms with E-state index in [0.29, 0.717) is 16.0 Å². The molecule has 0 bridgehead atoms. The Labute approximate surface area is 134 Å². The highest BCUT2D eigenvalue weighted by atomic mass is 79.9. The molecule has 2 rings (SSSR count). The van der Waals surface area contributed by atoms with Crippen molar-refractivity contribution in [2.75, 3.05) is 19.6 Å². The third-order valence-electron chi connectivity index (χ3n) is 3.85. The van der Waals surface area contributed by atoms with E-state index in [4.69, 9.17) is 0 Å². The molecule has 1 atom stereocenters. The molecule has 1 fully saturated rings. The quantitative estimate of drug-likeness (QED) is 0.895. The lowest BCUT2D eigenvalue weighted by Gasteiger charge is -2.33. The van der Waals surface area contributed by atoms with Gasteiger partial charge in [-0.2, -0.15) is 0 Å². The van der Waals surface area contributed by atoms with Gasteiger partial charge in [-0.1, -0.05) is 15.9 Å². The van der Waals surface area contributed by atoms with Gasteiger partial charge in [0.1, 0.15) is 5.82 Å². The van der Waals surface area contributed by atoms with Gasteiger partial charge in [-0.25, -0.2) is 4.39 Å². The van der Waals surface area contributed by atoms with Crippen molar-refractivity contribution in [3.63, 3.8) is 0 Å².